The van der Waals surface area contributed by atoms with Crippen molar-refractivity contribution in [1.29, 1.82) is 0 Å². The van der Waals surface area contributed by atoms with Crippen molar-refractivity contribution in [2.45, 2.75) is 96.1 Å². The van der Waals surface area contributed by atoms with Gasteiger partial charge in [-0.2, -0.15) is 0 Å². The van der Waals surface area contributed by atoms with Crippen LogP contribution in [0.4, 0.5) is 0 Å². The van der Waals surface area contributed by atoms with Crippen LogP contribution >= 0.6 is 0 Å². The number of allylic oxidation sites excluding steroid dienone is 1. The molecule has 21 heavy (non-hydrogen) atoms. The molecule has 0 aliphatic heterocycles. The van der Waals surface area contributed by atoms with Crippen LogP contribution < -0.4 is 5.73 Å². The summed E-state index contributed by atoms with van der Waals surface area (Å²) in [4.78, 5) is 10.4. The Morgan fingerprint density at radius 3 is 1.86 bits per heavy atom. The third kappa shape index (κ3) is 14.0. The van der Waals surface area contributed by atoms with Crippen LogP contribution in [0.2, 0.25) is 0 Å². The predicted octanol–water partition coefficient (Wildman–Crippen LogP) is 4.13. The molecule has 3 heteroatoms. The van der Waals surface area contributed by atoms with E-state index in [-0.39, 0.29) is 0 Å². The molecule has 0 aromatic carbocycles. The number of aliphatic hydroxyl groups excluding tert-OH is 1. The highest BCUT2D eigenvalue weighted by Crippen LogP contribution is 2.12. The molecule has 0 aromatic heterocycles. The average molecular weight is 297 g/mol. The Labute approximate surface area is 131 Å². The summed E-state index contributed by atoms with van der Waals surface area (Å²) in [6.45, 7) is 2.26. The molecule has 0 amide bonds. The van der Waals surface area contributed by atoms with E-state index < -0.39 is 12.1 Å². The topological polar surface area (TPSA) is 63.3 Å². The lowest BCUT2D eigenvalue weighted by atomic mass is 10.0. The average Bonchev–Trinajstić information content (AvgIpc) is 2.50. The highest BCUT2D eigenvalue weighted by molar-refractivity contribution is 5.58. The van der Waals surface area contributed by atoms with Crippen molar-refractivity contribution in [3.8, 4) is 0 Å². The summed E-state index contributed by atoms with van der Waals surface area (Å²) in [6.07, 6.45) is 19.0. The van der Waals surface area contributed by atoms with Crippen molar-refractivity contribution in [2.24, 2.45) is 5.73 Å². The molecular formula is C18H35NO2. The molecular weight excluding hydrogens is 262 g/mol. The minimum atomic E-state index is -0.838. The fourth-order valence-corrected chi connectivity index (χ4v) is 2.37. The van der Waals surface area contributed by atoms with Crippen molar-refractivity contribution in [2.75, 3.05) is 0 Å². The van der Waals surface area contributed by atoms with Crippen LogP contribution in [0.15, 0.2) is 12.2 Å². The molecule has 0 aromatic rings. The highest BCUT2D eigenvalue weighted by Gasteiger charge is 2.08. The van der Waals surface area contributed by atoms with Gasteiger partial charge in [-0.05, 0) is 12.8 Å². The molecule has 0 rings (SSSR count). The lowest BCUT2D eigenvalue weighted by molar-refractivity contribution is -0.110. The van der Waals surface area contributed by atoms with E-state index in [0.29, 0.717) is 6.29 Å². The molecule has 0 saturated carbocycles. The van der Waals surface area contributed by atoms with Crippen molar-refractivity contribution in [3.63, 3.8) is 0 Å². The van der Waals surface area contributed by atoms with Gasteiger partial charge in [0.25, 0.3) is 0 Å². The Hall–Kier alpha value is -0.670. The predicted molar refractivity (Wildman–Crippen MR) is 90.3 cm³/mol. The first-order valence-electron chi connectivity index (χ1n) is 8.78. The van der Waals surface area contributed by atoms with E-state index >= 15 is 0 Å². The second-order valence-electron chi connectivity index (χ2n) is 5.96. The van der Waals surface area contributed by atoms with Gasteiger partial charge in [-0.15, -0.1) is 0 Å². The summed E-state index contributed by atoms with van der Waals surface area (Å²) in [5, 5.41) is 9.45. The van der Waals surface area contributed by atoms with E-state index in [1.807, 2.05) is 6.08 Å². The number of hydrogen-bond donors (Lipinski definition) is 2. The largest absolute Gasteiger partial charge is 0.387 e. The van der Waals surface area contributed by atoms with E-state index in [0.717, 1.165) is 12.8 Å². The lowest BCUT2D eigenvalue weighted by Crippen LogP contribution is -2.34. The highest BCUT2D eigenvalue weighted by atomic mass is 16.3. The van der Waals surface area contributed by atoms with Gasteiger partial charge in [0.1, 0.15) is 6.29 Å². The molecule has 0 aliphatic carbocycles. The monoisotopic (exact) mass is 297 g/mol. The van der Waals surface area contributed by atoms with Crippen LogP contribution in [0.25, 0.3) is 0 Å². The van der Waals surface area contributed by atoms with Crippen LogP contribution in [0.3, 0.4) is 0 Å². The minimum absolute atomic E-state index is 0.581. The zero-order valence-electron chi connectivity index (χ0n) is 13.8. The van der Waals surface area contributed by atoms with Gasteiger partial charge in [-0.25, -0.2) is 0 Å². The molecule has 0 unspecified atom stereocenters. The molecule has 2 atom stereocenters. The summed E-state index contributed by atoms with van der Waals surface area (Å²) < 4.78 is 0. The van der Waals surface area contributed by atoms with Gasteiger partial charge in [0.05, 0.1) is 12.1 Å². The lowest BCUT2D eigenvalue weighted by Gasteiger charge is -2.07. The second-order valence-corrected chi connectivity index (χ2v) is 5.96. The maximum absolute atomic E-state index is 10.4. The summed E-state index contributed by atoms with van der Waals surface area (Å²) in [5.41, 5.74) is 5.39. The molecule has 0 aliphatic rings. The van der Waals surface area contributed by atoms with Crippen molar-refractivity contribution >= 4 is 6.29 Å². The Morgan fingerprint density at radius 2 is 1.38 bits per heavy atom. The molecule has 0 spiro atoms. The maximum atomic E-state index is 10.4. The summed E-state index contributed by atoms with van der Waals surface area (Å²) in [7, 11) is 0. The van der Waals surface area contributed by atoms with Crippen LogP contribution in [-0.2, 0) is 4.79 Å². The van der Waals surface area contributed by atoms with Gasteiger partial charge in [0.2, 0.25) is 0 Å². The fraction of sp³-hybridized carbons (Fsp3) is 0.833. The van der Waals surface area contributed by atoms with Gasteiger partial charge in [-0.1, -0.05) is 83.3 Å². The second kappa shape index (κ2) is 15.7. The molecule has 0 saturated heterocycles. The van der Waals surface area contributed by atoms with E-state index in [4.69, 9.17) is 5.73 Å². The first-order valence-corrected chi connectivity index (χ1v) is 8.78. The van der Waals surface area contributed by atoms with Gasteiger partial charge in [-0.3, -0.25) is 0 Å². The van der Waals surface area contributed by atoms with Crippen LogP contribution in [0.5, 0.6) is 0 Å². The molecule has 3 nitrogen and oxygen atoms in total. The van der Waals surface area contributed by atoms with Crippen LogP contribution in [0, 0.1) is 0 Å². The Bertz CT molecular complexity index is 254. The van der Waals surface area contributed by atoms with E-state index in [1.54, 1.807) is 6.08 Å². The minimum Gasteiger partial charge on any atom is -0.387 e. The third-order valence-corrected chi connectivity index (χ3v) is 3.86. The fourth-order valence-electron chi connectivity index (χ4n) is 2.37. The van der Waals surface area contributed by atoms with E-state index in [1.165, 1.54) is 64.2 Å². The number of hydrogen-bond acceptors (Lipinski definition) is 3. The Morgan fingerprint density at radius 1 is 0.905 bits per heavy atom. The first-order chi connectivity index (χ1) is 10.2. The van der Waals surface area contributed by atoms with Gasteiger partial charge in [0.15, 0.2) is 0 Å². The number of aliphatic hydroxyl groups is 1. The third-order valence-electron chi connectivity index (χ3n) is 3.86. The number of carbonyl (C=O) groups excluding carboxylic acids is 1. The van der Waals surface area contributed by atoms with Crippen LogP contribution in [-0.4, -0.2) is 23.5 Å². The number of nitrogens with two attached hydrogens (primary N) is 1. The molecule has 0 fully saturated rings. The quantitative estimate of drug-likeness (QED) is 0.271. The summed E-state index contributed by atoms with van der Waals surface area (Å²) in [5.74, 6) is 0. The zero-order chi connectivity index (χ0) is 15.8. The Balaban J connectivity index is 3.22. The molecule has 0 heterocycles. The number of rotatable bonds is 15. The van der Waals surface area contributed by atoms with Gasteiger partial charge in [0, 0.05) is 0 Å². The SMILES string of the molecule is CCCCCCCCCCCCC/C=C/[C@@H](O)[C@H](N)C=O. The van der Waals surface area contributed by atoms with Crippen molar-refractivity contribution in [1.82, 2.24) is 0 Å². The van der Waals surface area contributed by atoms with Crippen molar-refractivity contribution in [3.05, 3.63) is 12.2 Å². The van der Waals surface area contributed by atoms with E-state index in [9.17, 15) is 9.90 Å². The number of unbranched alkanes of at least 4 members (excludes halogenated alkanes) is 11. The first kappa shape index (κ1) is 20.3. The molecule has 124 valence electrons. The molecule has 0 bridgehead atoms. The number of carbonyl (C=O) groups is 1. The van der Waals surface area contributed by atoms with Crippen LogP contribution in [0.1, 0.15) is 84.0 Å². The van der Waals surface area contributed by atoms with Gasteiger partial charge >= 0.3 is 0 Å². The summed E-state index contributed by atoms with van der Waals surface area (Å²) >= 11 is 0. The maximum Gasteiger partial charge on any atom is 0.139 e. The zero-order valence-corrected chi connectivity index (χ0v) is 13.8. The Kier molecular flexibility index (Phi) is 15.2. The molecule has 3 N–H and O–H groups in total. The molecule has 0 radical (unpaired) electrons. The standard InChI is InChI=1S/C18H35NO2/c1-2-3-4-5-6-7-8-9-10-11-12-13-14-15-18(21)17(19)16-20/h14-18,21H,2-13,19H2,1H3/b15-14+/t17-,18-/m1/s1. The number of aldehydes is 1. The van der Waals surface area contributed by atoms with E-state index in [2.05, 4.69) is 6.92 Å². The van der Waals surface area contributed by atoms with Gasteiger partial charge < -0.3 is 15.6 Å². The smallest absolute Gasteiger partial charge is 0.139 e. The normalized spacial score (nSPS) is 14.4. The van der Waals surface area contributed by atoms with Crippen molar-refractivity contribution < 1.29 is 9.90 Å². The summed E-state index contributed by atoms with van der Waals surface area (Å²) in [6, 6.07) is -0.793.